The molecule has 0 bridgehead atoms. The van der Waals surface area contributed by atoms with Crippen LogP contribution in [-0.4, -0.2) is 12.1 Å². The number of anilines is 1. The molecule has 2 N–H and O–H groups in total. The number of hydrogen-bond donors (Lipinski definition) is 2. The van der Waals surface area contributed by atoms with Crippen molar-refractivity contribution in [2.45, 2.75) is 47.6 Å². The number of nitrogens with one attached hydrogen (secondary N) is 2. The molecule has 1 unspecified atom stereocenters. The van der Waals surface area contributed by atoms with Crippen molar-refractivity contribution in [3.63, 3.8) is 0 Å². The molecule has 18 heavy (non-hydrogen) atoms. The van der Waals surface area contributed by atoms with E-state index in [-0.39, 0.29) is 12.1 Å². The van der Waals surface area contributed by atoms with E-state index in [1.807, 2.05) is 20.8 Å². The van der Waals surface area contributed by atoms with E-state index in [4.69, 9.17) is 0 Å². The largest absolute Gasteiger partial charge is 0.335 e. The van der Waals surface area contributed by atoms with Crippen molar-refractivity contribution in [1.29, 1.82) is 0 Å². The lowest BCUT2D eigenvalue weighted by Gasteiger charge is -2.19. The highest BCUT2D eigenvalue weighted by atomic mass is 16.2. The number of carbonyl (C=O) groups is 1. The van der Waals surface area contributed by atoms with E-state index in [1.165, 1.54) is 5.56 Å². The van der Waals surface area contributed by atoms with Gasteiger partial charge in [-0.25, -0.2) is 4.79 Å². The molecule has 3 heteroatoms. The average molecular weight is 248 g/mol. The van der Waals surface area contributed by atoms with Gasteiger partial charge in [-0.15, -0.1) is 0 Å². The Bertz CT molecular complexity index is 415. The van der Waals surface area contributed by atoms with Crippen LogP contribution >= 0.6 is 0 Å². The van der Waals surface area contributed by atoms with Crippen LogP contribution in [0.3, 0.4) is 0 Å². The summed E-state index contributed by atoms with van der Waals surface area (Å²) >= 11 is 0. The van der Waals surface area contributed by atoms with Crippen LogP contribution in [0.2, 0.25) is 0 Å². The van der Waals surface area contributed by atoms with Crippen LogP contribution in [0.5, 0.6) is 0 Å². The van der Waals surface area contributed by atoms with Gasteiger partial charge in [0.1, 0.15) is 0 Å². The third-order valence-electron chi connectivity index (χ3n) is 3.27. The van der Waals surface area contributed by atoms with Crippen molar-refractivity contribution in [3.8, 4) is 0 Å². The van der Waals surface area contributed by atoms with Gasteiger partial charge >= 0.3 is 6.03 Å². The zero-order valence-electron chi connectivity index (χ0n) is 12.2. The van der Waals surface area contributed by atoms with Gasteiger partial charge in [-0.1, -0.05) is 31.5 Å². The van der Waals surface area contributed by atoms with Crippen molar-refractivity contribution in [2.75, 3.05) is 5.32 Å². The predicted molar refractivity (Wildman–Crippen MR) is 77.1 cm³/mol. The second-order valence-electron chi connectivity index (χ2n) is 5.40. The smallest absolute Gasteiger partial charge is 0.319 e. The van der Waals surface area contributed by atoms with Crippen molar-refractivity contribution >= 4 is 11.7 Å². The molecule has 0 saturated heterocycles. The lowest BCUT2D eigenvalue weighted by molar-refractivity contribution is 0.246. The standard InChI is InChI=1S/C15H24N2O/c1-9(2)13(6)16-15(18)17-14-11(4)7-10(3)8-12(14)5/h7-9,13H,1-6H3,(H2,16,17,18). The number of urea groups is 1. The molecule has 0 aliphatic rings. The van der Waals surface area contributed by atoms with Crippen molar-refractivity contribution in [1.82, 2.24) is 5.32 Å². The van der Waals surface area contributed by atoms with E-state index < -0.39 is 0 Å². The first-order chi connectivity index (χ1) is 8.31. The second kappa shape index (κ2) is 5.89. The maximum atomic E-state index is 11.9. The van der Waals surface area contributed by atoms with Crippen LogP contribution < -0.4 is 10.6 Å². The van der Waals surface area contributed by atoms with Gasteiger partial charge in [0.2, 0.25) is 0 Å². The van der Waals surface area contributed by atoms with Gasteiger partial charge in [-0.3, -0.25) is 0 Å². The first-order valence-corrected chi connectivity index (χ1v) is 6.46. The van der Waals surface area contributed by atoms with Gasteiger partial charge in [-0.05, 0) is 44.7 Å². The number of amides is 2. The molecule has 0 aliphatic carbocycles. The fourth-order valence-corrected chi connectivity index (χ4v) is 1.90. The topological polar surface area (TPSA) is 41.1 Å². The molecule has 0 fully saturated rings. The maximum absolute atomic E-state index is 11.9. The highest BCUT2D eigenvalue weighted by molar-refractivity contribution is 5.91. The lowest BCUT2D eigenvalue weighted by Crippen LogP contribution is -2.39. The Balaban J connectivity index is 2.77. The summed E-state index contributed by atoms with van der Waals surface area (Å²) in [6, 6.07) is 4.19. The Hall–Kier alpha value is -1.51. The average Bonchev–Trinajstić information content (AvgIpc) is 2.23. The summed E-state index contributed by atoms with van der Waals surface area (Å²) in [5, 5.41) is 5.89. The van der Waals surface area contributed by atoms with Gasteiger partial charge in [0.15, 0.2) is 0 Å². The Labute approximate surface area is 110 Å². The van der Waals surface area contributed by atoms with Crippen LogP contribution in [0, 0.1) is 26.7 Å². The molecule has 0 radical (unpaired) electrons. The lowest BCUT2D eigenvalue weighted by atomic mass is 10.1. The fourth-order valence-electron chi connectivity index (χ4n) is 1.90. The predicted octanol–water partition coefficient (Wildman–Crippen LogP) is 3.78. The number of hydrogen-bond acceptors (Lipinski definition) is 1. The van der Waals surface area contributed by atoms with Crippen LogP contribution in [-0.2, 0) is 0 Å². The molecule has 3 nitrogen and oxygen atoms in total. The SMILES string of the molecule is Cc1cc(C)c(NC(=O)NC(C)C(C)C)c(C)c1. The summed E-state index contributed by atoms with van der Waals surface area (Å²) in [5.74, 6) is 0.427. The second-order valence-corrected chi connectivity index (χ2v) is 5.40. The van der Waals surface area contributed by atoms with Gasteiger partial charge < -0.3 is 10.6 Å². The molecule has 1 aromatic carbocycles. The highest BCUT2D eigenvalue weighted by Crippen LogP contribution is 2.21. The van der Waals surface area contributed by atoms with E-state index in [0.29, 0.717) is 5.92 Å². The van der Waals surface area contributed by atoms with Gasteiger partial charge in [0.25, 0.3) is 0 Å². The van der Waals surface area contributed by atoms with Crippen LogP contribution in [0.1, 0.15) is 37.5 Å². The summed E-state index contributed by atoms with van der Waals surface area (Å²) < 4.78 is 0. The molecule has 0 aliphatic heterocycles. The summed E-state index contributed by atoms with van der Waals surface area (Å²) in [4.78, 5) is 11.9. The molecule has 2 amide bonds. The van der Waals surface area contributed by atoms with Crippen LogP contribution in [0.25, 0.3) is 0 Å². The molecule has 1 atom stereocenters. The van der Waals surface area contributed by atoms with Crippen molar-refractivity contribution in [2.24, 2.45) is 5.92 Å². The third kappa shape index (κ3) is 3.76. The molecule has 0 aromatic heterocycles. The molecular weight excluding hydrogens is 224 g/mol. The summed E-state index contributed by atoms with van der Waals surface area (Å²) in [6.45, 7) is 12.3. The molecule has 0 heterocycles. The van der Waals surface area contributed by atoms with Gasteiger partial charge in [-0.2, -0.15) is 0 Å². The number of aryl methyl sites for hydroxylation is 3. The Morgan fingerprint density at radius 2 is 1.56 bits per heavy atom. The maximum Gasteiger partial charge on any atom is 0.319 e. The van der Waals surface area contributed by atoms with E-state index in [1.54, 1.807) is 0 Å². The minimum atomic E-state index is -0.133. The van der Waals surface area contributed by atoms with Gasteiger partial charge in [0.05, 0.1) is 0 Å². The summed E-state index contributed by atoms with van der Waals surface area (Å²) in [7, 11) is 0. The summed E-state index contributed by atoms with van der Waals surface area (Å²) in [5.41, 5.74) is 4.32. The Morgan fingerprint density at radius 3 is 2.00 bits per heavy atom. The van der Waals surface area contributed by atoms with Crippen molar-refractivity contribution in [3.05, 3.63) is 28.8 Å². The molecule has 1 aromatic rings. The normalized spacial score (nSPS) is 12.4. The molecule has 0 saturated carbocycles. The zero-order valence-corrected chi connectivity index (χ0v) is 12.2. The molecule has 0 spiro atoms. The monoisotopic (exact) mass is 248 g/mol. The van der Waals surface area contributed by atoms with E-state index in [2.05, 4.69) is 43.5 Å². The van der Waals surface area contributed by atoms with Crippen molar-refractivity contribution < 1.29 is 4.79 Å². The highest BCUT2D eigenvalue weighted by Gasteiger charge is 2.12. The van der Waals surface area contributed by atoms with Crippen LogP contribution in [0.4, 0.5) is 10.5 Å². The van der Waals surface area contributed by atoms with Gasteiger partial charge in [0, 0.05) is 11.7 Å². The van der Waals surface area contributed by atoms with E-state index >= 15 is 0 Å². The molecular formula is C15H24N2O. The Kier molecular flexibility index (Phi) is 4.76. The number of carbonyl (C=O) groups excluding carboxylic acids is 1. The summed E-state index contributed by atoms with van der Waals surface area (Å²) in [6.07, 6.45) is 0. The zero-order chi connectivity index (χ0) is 13.9. The van der Waals surface area contributed by atoms with E-state index in [9.17, 15) is 4.79 Å². The van der Waals surface area contributed by atoms with Crippen LogP contribution in [0.15, 0.2) is 12.1 Å². The number of benzene rings is 1. The molecule has 1 rings (SSSR count). The first-order valence-electron chi connectivity index (χ1n) is 6.46. The van der Waals surface area contributed by atoms with E-state index in [0.717, 1.165) is 16.8 Å². The minimum absolute atomic E-state index is 0.133. The molecule has 100 valence electrons. The fraction of sp³-hybridized carbons (Fsp3) is 0.533. The third-order valence-corrected chi connectivity index (χ3v) is 3.27. The number of rotatable bonds is 3. The minimum Gasteiger partial charge on any atom is -0.335 e. The quantitative estimate of drug-likeness (QED) is 0.839. The Morgan fingerprint density at radius 1 is 1.06 bits per heavy atom. The first kappa shape index (κ1) is 14.6.